The maximum atomic E-state index is 12.5. The first kappa shape index (κ1) is 17.7. The van der Waals surface area contributed by atoms with Crippen LogP contribution in [0.2, 0.25) is 0 Å². The van der Waals surface area contributed by atoms with Crippen LogP contribution in [0.5, 0.6) is 11.5 Å². The SMILES string of the molecule is CCOc1ccc(OCC)c(S(=O)(=O)NC(CC)CO)c1. The molecule has 0 saturated heterocycles. The van der Waals surface area contributed by atoms with E-state index in [9.17, 15) is 8.42 Å². The highest BCUT2D eigenvalue weighted by atomic mass is 32.2. The third kappa shape index (κ3) is 4.87. The second kappa shape index (κ2) is 8.21. The van der Waals surface area contributed by atoms with E-state index in [0.29, 0.717) is 25.4 Å². The maximum Gasteiger partial charge on any atom is 0.244 e. The van der Waals surface area contributed by atoms with Gasteiger partial charge in [0.2, 0.25) is 10.0 Å². The largest absolute Gasteiger partial charge is 0.494 e. The van der Waals surface area contributed by atoms with Gasteiger partial charge in [-0.25, -0.2) is 13.1 Å². The number of rotatable bonds is 9. The minimum Gasteiger partial charge on any atom is -0.494 e. The van der Waals surface area contributed by atoms with Crippen molar-refractivity contribution >= 4 is 10.0 Å². The summed E-state index contributed by atoms with van der Waals surface area (Å²) in [6, 6.07) is 4.14. The van der Waals surface area contributed by atoms with E-state index < -0.39 is 16.1 Å². The third-order valence-electron chi connectivity index (χ3n) is 2.85. The standard InChI is InChI=1S/C14H23NO5S/c1-4-11(10-16)15-21(17,18)14-9-12(19-5-2)7-8-13(14)20-6-3/h7-9,11,15-16H,4-6,10H2,1-3H3. The van der Waals surface area contributed by atoms with Crippen molar-refractivity contribution in [3.05, 3.63) is 18.2 Å². The second-order valence-corrected chi connectivity index (χ2v) is 6.07. The summed E-state index contributed by atoms with van der Waals surface area (Å²) in [6.45, 7) is 5.93. The van der Waals surface area contributed by atoms with Crippen LogP contribution in [-0.2, 0) is 10.0 Å². The minimum atomic E-state index is -3.79. The Labute approximate surface area is 126 Å². The topological polar surface area (TPSA) is 84.9 Å². The highest BCUT2D eigenvalue weighted by molar-refractivity contribution is 7.89. The zero-order valence-electron chi connectivity index (χ0n) is 12.6. The van der Waals surface area contributed by atoms with Crippen molar-refractivity contribution in [1.29, 1.82) is 0 Å². The average Bonchev–Trinajstić information content (AvgIpc) is 2.46. The van der Waals surface area contributed by atoms with E-state index >= 15 is 0 Å². The highest BCUT2D eigenvalue weighted by Crippen LogP contribution is 2.28. The molecule has 1 aromatic carbocycles. The molecule has 2 N–H and O–H groups in total. The van der Waals surface area contributed by atoms with E-state index in [1.54, 1.807) is 26.0 Å². The van der Waals surface area contributed by atoms with E-state index in [4.69, 9.17) is 14.6 Å². The van der Waals surface area contributed by atoms with Gasteiger partial charge in [0.1, 0.15) is 16.4 Å². The van der Waals surface area contributed by atoms with Crippen molar-refractivity contribution in [3.63, 3.8) is 0 Å². The van der Waals surface area contributed by atoms with Crippen LogP contribution in [0.25, 0.3) is 0 Å². The van der Waals surface area contributed by atoms with Gasteiger partial charge in [-0.05, 0) is 32.4 Å². The Balaban J connectivity index is 3.19. The number of hydrogen-bond donors (Lipinski definition) is 2. The first-order chi connectivity index (χ1) is 9.98. The predicted octanol–water partition coefficient (Wildman–Crippen LogP) is 1.53. The van der Waals surface area contributed by atoms with E-state index in [1.165, 1.54) is 6.07 Å². The lowest BCUT2D eigenvalue weighted by atomic mass is 10.3. The van der Waals surface area contributed by atoms with E-state index in [1.807, 2.05) is 6.92 Å². The summed E-state index contributed by atoms with van der Waals surface area (Å²) in [5.74, 6) is 0.722. The van der Waals surface area contributed by atoms with Gasteiger partial charge in [-0.3, -0.25) is 0 Å². The molecule has 0 amide bonds. The Hall–Kier alpha value is -1.31. The zero-order chi connectivity index (χ0) is 15.9. The normalized spacial score (nSPS) is 13.0. The van der Waals surface area contributed by atoms with Crippen molar-refractivity contribution in [1.82, 2.24) is 4.72 Å². The molecule has 7 heteroatoms. The van der Waals surface area contributed by atoms with Crippen LogP contribution >= 0.6 is 0 Å². The monoisotopic (exact) mass is 317 g/mol. The predicted molar refractivity (Wildman–Crippen MR) is 80.3 cm³/mol. The molecule has 0 heterocycles. The number of sulfonamides is 1. The summed E-state index contributed by atoms with van der Waals surface area (Å²) < 4.78 is 38.1. The number of benzene rings is 1. The molecule has 0 saturated carbocycles. The maximum absolute atomic E-state index is 12.5. The van der Waals surface area contributed by atoms with Gasteiger partial charge in [-0.15, -0.1) is 0 Å². The smallest absolute Gasteiger partial charge is 0.244 e. The minimum absolute atomic E-state index is 0.0159. The average molecular weight is 317 g/mol. The van der Waals surface area contributed by atoms with Crippen molar-refractivity contribution in [2.45, 2.75) is 38.1 Å². The highest BCUT2D eigenvalue weighted by Gasteiger charge is 2.23. The van der Waals surface area contributed by atoms with Gasteiger partial charge in [0.15, 0.2) is 0 Å². The summed E-state index contributed by atoms with van der Waals surface area (Å²) >= 11 is 0. The summed E-state index contributed by atoms with van der Waals surface area (Å²) in [5, 5.41) is 9.16. The van der Waals surface area contributed by atoms with Gasteiger partial charge in [-0.1, -0.05) is 6.92 Å². The summed E-state index contributed by atoms with van der Waals surface area (Å²) in [7, 11) is -3.79. The Morgan fingerprint density at radius 1 is 1.19 bits per heavy atom. The van der Waals surface area contributed by atoms with Gasteiger partial charge >= 0.3 is 0 Å². The van der Waals surface area contributed by atoms with Gasteiger partial charge in [0, 0.05) is 12.1 Å². The molecular weight excluding hydrogens is 294 g/mol. The number of nitrogens with one attached hydrogen (secondary N) is 1. The van der Waals surface area contributed by atoms with Crippen LogP contribution in [0, 0.1) is 0 Å². The molecule has 0 aliphatic rings. The van der Waals surface area contributed by atoms with Crippen LogP contribution in [-0.4, -0.2) is 39.4 Å². The van der Waals surface area contributed by atoms with Crippen LogP contribution < -0.4 is 14.2 Å². The van der Waals surface area contributed by atoms with Gasteiger partial charge in [0.05, 0.1) is 19.8 Å². The molecule has 120 valence electrons. The molecule has 0 aliphatic carbocycles. The lowest BCUT2D eigenvalue weighted by Gasteiger charge is -2.17. The fourth-order valence-electron chi connectivity index (χ4n) is 1.76. The van der Waals surface area contributed by atoms with Crippen LogP contribution in [0.15, 0.2) is 23.1 Å². The first-order valence-electron chi connectivity index (χ1n) is 7.01. The summed E-state index contributed by atoms with van der Waals surface area (Å²) in [5.41, 5.74) is 0. The lowest BCUT2D eigenvalue weighted by Crippen LogP contribution is -2.37. The van der Waals surface area contributed by atoms with Gasteiger partial charge in [0.25, 0.3) is 0 Å². The fourth-order valence-corrected chi connectivity index (χ4v) is 3.23. The quantitative estimate of drug-likeness (QED) is 0.721. The van der Waals surface area contributed by atoms with Crippen molar-refractivity contribution in [3.8, 4) is 11.5 Å². The third-order valence-corrected chi connectivity index (χ3v) is 4.39. The molecular formula is C14H23NO5S. The molecule has 0 aromatic heterocycles. The molecule has 1 unspecified atom stereocenters. The van der Waals surface area contributed by atoms with Crippen LogP contribution in [0.4, 0.5) is 0 Å². The number of aliphatic hydroxyl groups excluding tert-OH is 1. The Bertz CT molecular complexity index is 540. The molecule has 1 atom stereocenters. The number of hydrogen-bond acceptors (Lipinski definition) is 5. The molecule has 0 fully saturated rings. The first-order valence-corrected chi connectivity index (χ1v) is 8.49. The van der Waals surface area contributed by atoms with Gasteiger partial charge < -0.3 is 14.6 Å². The Morgan fingerprint density at radius 2 is 1.86 bits per heavy atom. The Morgan fingerprint density at radius 3 is 2.38 bits per heavy atom. The lowest BCUT2D eigenvalue weighted by molar-refractivity contribution is 0.253. The molecule has 1 aromatic rings. The molecule has 0 radical (unpaired) electrons. The van der Waals surface area contributed by atoms with Gasteiger partial charge in [-0.2, -0.15) is 0 Å². The van der Waals surface area contributed by atoms with E-state index in [0.717, 1.165) is 0 Å². The van der Waals surface area contributed by atoms with E-state index in [2.05, 4.69) is 4.72 Å². The zero-order valence-corrected chi connectivity index (χ0v) is 13.4. The summed E-state index contributed by atoms with van der Waals surface area (Å²) in [6.07, 6.45) is 0.491. The second-order valence-electron chi connectivity index (χ2n) is 4.38. The number of ether oxygens (including phenoxy) is 2. The molecule has 21 heavy (non-hydrogen) atoms. The van der Waals surface area contributed by atoms with Crippen molar-refractivity contribution in [2.75, 3.05) is 19.8 Å². The fraction of sp³-hybridized carbons (Fsp3) is 0.571. The van der Waals surface area contributed by atoms with Crippen molar-refractivity contribution < 1.29 is 23.0 Å². The van der Waals surface area contributed by atoms with Crippen LogP contribution in [0.3, 0.4) is 0 Å². The van der Waals surface area contributed by atoms with E-state index in [-0.39, 0.29) is 17.3 Å². The molecule has 0 aliphatic heterocycles. The molecule has 0 spiro atoms. The van der Waals surface area contributed by atoms with Crippen LogP contribution in [0.1, 0.15) is 27.2 Å². The van der Waals surface area contributed by atoms with Crippen molar-refractivity contribution in [2.24, 2.45) is 0 Å². The molecule has 0 bridgehead atoms. The molecule has 6 nitrogen and oxygen atoms in total. The Kier molecular flexibility index (Phi) is 6.94. The molecule has 1 rings (SSSR count). The summed E-state index contributed by atoms with van der Waals surface area (Å²) in [4.78, 5) is 0.0159. The number of aliphatic hydroxyl groups is 1.